The Morgan fingerprint density at radius 1 is 1.07 bits per heavy atom. The minimum absolute atomic E-state index is 0.819. The van der Waals surface area contributed by atoms with Gasteiger partial charge in [-0.15, -0.1) is 0 Å². The summed E-state index contributed by atoms with van der Waals surface area (Å²) < 4.78 is 0. The van der Waals surface area contributed by atoms with Crippen LogP contribution in [0.1, 0.15) is 0 Å². The molecule has 0 aromatic heterocycles. The minimum atomic E-state index is 0.819. The summed E-state index contributed by atoms with van der Waals surface area (Å²) in [6.45, 7) is 4.77. The highest BCUT2D eigenvalue weighted by atomic mass is 35.5. The Bertz CT molecular complexity index is 337. The lowest BCUT2D eigenvalue weighted by Crippen LogP contribution is -2.25. The van der Waals surface area contributed by atoms with Crippen molar-refractivity contribution in [1.82, 2.24) is 5.32 Å². The third-order valence-corrected chi connectivity index (χ3v) is 3.83. The molecule has 2 saturated heterocycles. The van der Waals surface area contributed by atoms with Crippen LogP contribution >= 0.6 is 11.6 Å². The van der Waals surface area contributed by atoms with Crippen LogP contribution < -0.4 is 10.2 Å². The van der Waals surface area contributed by atoms with Gasteiger partial charge in [0.25, 0.3) is 0 Å². The van der Waals surface area contributed by atoms with E-state index in [0.29, 0.717) is 0 Å². The molecule has 15 heavy (non-hydrogen) atoms. The quantitative estimate of drug-likeness (QED) is 0.782. The summed E-state index contributed by atoms with van der Waals surface area (Å²) in [5.74, 6) is 1.70. The van der Waals surface area contributed by atoms with Crippen molar-refractivity contribution >= 4 is 17.3 Å². The van der Waals surface area contributed by atoms with Crippen molar-refractivity contribution in [2.45, 2.75) is 0 Å². The van der Waals surface area contributed by atoms with Gasteiger partial charge in [0, 0.05) is 36.9 Å². The van der Waals surface area contributed by atoms with Crippen molar-refractivity contribution in [2.75, 3.05) is 31.1 Å². The molecule has 0 bridgehead atoms. The average molecular weight is 223 g/mol. The number of hydrogen-bond acceptors (Lipinski definition) is 2. The third-order valence-electron chi connectivity index (χ3n) is 3.58. The van der Waals surface area contributed by atoms with Gasteiger partial charge in [0.1, 0.15) is 0 Å². The van der Waals surface area contributed by atoms with E-state index in [1.54, 1.807) is 0 Å². The second-order valence-corrected chi connectivity index (χ2v) is 5.00. The molecule has 2 fully saturated rings. The Hall–Kier alpha value is -0.730. The van der Waals surface area contributed by atoms with E-state index in [1.165, 1.54) is 31.9 Å². The molecule has 0 aliphatic carbocycles. The zero-order valence-corrected chi connectivity index (χ0v) is 9.37. The Balaban J connectivity index is 1.76. The van der Waals surface area contributed by atoms with Crippen molar-refractivity contribution in [2.24, 2.45) is 11.8 Å². The number of nitrogens with zero attached hydrogens (tertiary/aromatic N) is 1. The maximum absolute atomic E-state index is 5.89. The molecule has 0 radical (unpaired) electrons. The Morgan fingerprint density at radius 3 is 2.27 bits per heavy atom. The van der Waals surface area contributed by atoms with Crippen molar-refractivity contribution in [3.8, 4) is 0 Å². The molecule has 2 nitrogen and oxygen atoms in total. The third kappa shape index (κ3) is 1.72. The van der Waals surface area contributed by atoms with E-state index in [1.807, 2.05) is 12.1 Å². The van der Waals surface area contributed by atoms with Crippen LogP contribution in [0.2, 0.25) is 5.02 Å². The number of anilines is 1. The van der Waals surface area contributed by atoms with Gasteiger partial charge in [-0.2, -0.15) is 0 Å². The first-order chi connectivity index (χ1) is 7.33. The molecule has 0 amide bonds. The predicted octanol–water partition coefficient (Wildman–Crippen LogP) is 2.00. The summed E-state index contributed by atoms with van der Waals surface area (Å²) in [5.41, 5.74) is 1.31. The summed E-state index contributed by atoms with van der Waals surface area (Å²) in [6, 6.07) is 8.19. The van der Waals surface area contributed by atoms with Crippen LogP contribution in [-0.4, -0.2) is 26.2 Å². The minimum Gasteiger partial charge on any atom is -0.371 e. The molecule has 1 aromatic carbocycles. The number of fused-ring (bicyclic) bond motifs is 1. The van der Waals surface area contributed by atoms with Crippen molar-refractivity contribution < 1.29 is 0 Å². The van der Waals surface area contributed by atoms with Gasteiger partial charge in [-0.25, -0.2) is 0 Å². The molecule has 3 heteroatoms. The van der Waals surface area contributed by atoms with Gasteiger partial charge in [0.2, 0.25) is 0 Å². The lowest BCUT2D eigenvalue weighted by atomic mass is 10.0. The maximum atomic E-state index is 5.89. The van der Waals surface area contributed by atoms with E-state index in [2.05, 4.69) is 22.3 Å². The number of nitrogens with one attached hydrogen (secondary N) is 1. The summed E-state index contributed by atoms with van der Waals surface area (Å²) in [6.07, 6.45) is 0. The smallest absolute Gasteiger partial charge is 0.0407 e. The summed E-state index contributed by atoms with van der Waals surface area (Å²) in [5, 5.41) is 4.28. The normalized spacial score (nSPS) is 29.5. The highest BCUT2D eigenvalue weighted by Crippen LogP contribution is 2.30. The lowest BCUT2D eigenvalue weighted by molar-refractivity contribution is 0.533. The zero-order valence-electron chi connectivity index (χ0n) is 8.62. The monoisotopic (exact) mass is 222 g/mol. The fourth-order valence-electron chi connectivity index (χ4n) is 2.72. The Labute approximate surface area is 95.2 Å². The Kier molecular flexibility index (Phi) is 2.33. The first-order valence-corrected chi connectivity index (χ1v) is 5.92. The number of halogens is 1. The van der Waals surface area contributed by atoms with E-state index < -0.39 is 0 Å². The van der Waals surface area contributed by atoms with E-state index >= 15 is 0 Å². The van der Waals surface area contributed by atoms with Gasteiger partial charge < -0.3 is 10.2 Å². The van der Waals surface area contributed by atoms with E-state index in [0.717, 1.165) is 16.9 Å². The second kappa shape index (κ2) is 3.69. The molecular weight excluding hydrogens is 208 g/mol. The number of benzene rings is 1. The molecule has 0 saturated carbocycles. The SMILES string of the molecule is Clc1ccc(N2C[C@H]3CNC[C@H]3C2)cc1. The predicted molar refractivity (Wildman–Crippen MR) is 63.5 cm³/mol. The van der Waals surface area contributed by atoms with Crippen molar-refractivity contribution in [1.29, 1.82) is 0 Å². The fraction of sp³-hybridized carbons (Fsp3) is 0.500. The van der Waals surface area contributed by atoms with Crippen LogP contribution in [0, 0.1) is 11.8 Å². The highest BCUT2D eigenvalue weighted by Gasteiger charge is 2.35. The molecule has 0 spiro atoms. The van der Waals surface area contributed by atoms with E-state index in [9.17, 15) is 0 Å². The molecule has 1 aromatic rings. The first kappa shape index (κ1) is 9.49. The summed E-state index contributed by atoms with van der Waals surface area (Å²) in [7, 11) is 0. The summed E-state index contributed by atoms with van der Waals surface area (Å²) >= 11 is 5.89. The first-order valence-electron chi connectivity index (χ1n) is 5.54. The van der Waals surface area contributed by atoms with Crippen LogP contribution in [0.4, 0.5) is 5.69 Å². The Morgan fingerprint density at radius 2 is 1.67 bits per heavy atom. The number of rotatable bonds is 1. The van der Waals surface area contributed by atoms with Crippen LogP contribution in [0.25, 0.3) is 0 Å². The molecule has 2 heterocycles. The number of hydrogen-bond donors (Lipinski definition) is 1. The van der Waals surface area contributed by atoms with Gasteiger partial charge in [-0.1, -0.05) is 11.6 Å². The standard InChI is InChI=1S/C12H15ClN2/c13-11-1-3-12(4-2-11)15-7-9-5-14-6-10(9)8-15/h1-4,9-10,14H,5-8H2/t9-,10+. The average Bonchev–Trinajstić information content (AvgIpc) is 2.78. The van der Waals surface area contributed by atoms with E-state index in [-0.39, 0.29) is 0 Å². The molecule has 1 N–H and O–H groups in total. The van der Waals surface area contributed by atoms with Crippen molar-refractivity contribution in [3.63, 3.8) is 0 Å². The van der Waals surface area contributed by atoms with E-state index in [4.69, 9.17) is 11.6 Å². The molecule has 3 rings (SSSR count). The molecule has 2 aliphatic rings. The van der Waals surface area contributed by atoms with Gasteiger partial charge in [0.05, 0.1) is 0 Å². The molecule has 2 atom stereocenters. The van der Waals surface area contributed by atoms with Crippen LogP contribution in [0.15, 0.2) is 24.3 Å². The van der Waals surface area contributed by atoms with Gasteiger partial charge >= 0.3 is 0 Å². The van der Waals surface area contributed by atoms with Gasteiger partial charge in [-0.3, -0.25) is 0 Å². The lowest BCUT2D eigenvalue weighted by Gasteiger charge is -2.19. The molecule has 2 aliphatic heterocycles. The topological polar surface area (TPSA) is 15.3 Å². The molecular formula is C12H15ClN2. The van der Waals surface area contributed by atoms with Gasteiger partial charge in [-0.05, 0) is 36.1 Å². The van der Waals surface area contributed by atoms with Crippen molar-refractivity contribution in [3.05, 3.63) is 29.3 Å². The zero-order chi connectivity index (χ0) is 10.3. The largest absolute Gasteiger partial charge is 0.371 e. The maximum Gasteiger partial charge on any atom is 0.0407 e. The second-order valence-electron chi connectivity index (χ2n) is 4.56. The summed E-state index contributed by atoms with van der Waals surface area (Å²) in [4.78, 5) is 2.48. The van der Waals surface area contributed by atoms with Gasteiger partial charge in [0.15, 0.2) is 0 Å². The van der Waals surface area contributed by atoms with Crippen LogP contribution in [0.3, 0.4) is 0 Å². The molecule has 0 unspecified atom stereocenters. The fourth-order valence-corrected chi connectivity index (χ4v) is 2.84. The molecule has 80 valence electrons. The van der Waals surface area contributed by atoms with Crippen LogP contribution in [-0.2, 0) is 0 Å². The highest BCUT2D eigenvalue weighted by molar-refractivity contribution is 6.30. The van der Waals surface area contributed by atoms with Crippen LogP contribution in [0.5, 0.6) is 0 Å².